The number of benzene rings is 2. The van der Waals surface area contributed by atoms with Gasteiger partial charge in [0.2, 0.25) is 19.4 Å². The van der Waals surface area contributed by atoms with E-state index >= 15 is 0 Å². The van der Waals surface area contributed by atoms with Crippen molar-refractivity contribution >= 4 is 49.5 Å². The van der Waals surface area contributed by atoms with Crippen molar-refractivity contribution < 1.29 is 18.6 Å². The highest BCUT2D eigenvalue weighted by Gasteiger charge is 2.21. The molecule has 0 bridgehead atoms. The van der Waals surface area contributed by atoms with E-state index in [9.17, 15) is 9.59 Å². The van der Waals surface area contributed by atoms with E-state index in [0.29, 0.717) is 26.1 Å². The lowest BCUT2D eigenvalue weighted by molar-refractivity contribution is -0.125. The normalized spacial score (nSPS) is 13.9. The van der Waals surface area contributed by atoms with Crippen LogP contribution in [0.1, 0.15) is 49.8 Å². The third kappa shape index (κ3) is 8.59. The van der Waals surface area contributed by atoms with Crippen molar-refractivity contribution in [3.8, 4) is 0 Å². The van der Waals surface area contributed by atoms with Crippen LogP contribution in [0.15, 0.2) is 48.5 Å². The van der Waals surface area contributed by atoms with Gasteiger partial charge < -0.3 is 19.3 Å². The van der Waals surface area contributed by atoms with E-state index in [-0.39, 0.29) is 24.7 Å². The van der Waals surface area contributed by atoms with Crippen molar-refractivity contribution in [2.24, 2.45) is 0 Å². The second-order valence-electron chi connectivity index (χ2n) is 7.03. The third-order valence-corrected chi connectivity index (χ3v) is 6.47. The lowest BCUT2D eigenvalue weighted by atomic mass is 10.0. The molecule has 2 aromatic carbocycles. The predicted octanol–water partition coefficient (Wildman–Crippen LogP) is 5.84. The lowest BCUT2D eigenvalue weighted by Gasteiger charge is -2.27. The van der Waals surface area contributed by atoms with Crippen LogP contribution in [0.4, 0.5) is 5.69 Å². The molecule has 3 rings (SSSR count). The molecule has 178 valence electrons. The zero-order chi connectivity index (χ0) is 24.1. The standard InChI is InChI=1S/C23H27N2O4PS.C2H6/c1-28-30(31)29-16-6-15-24-22(26)13-14-23(27)25-17-20-9-3-2-7-18(20)11-12-19-8-4-5-10-21(19)25;1-2/h2-5,7-12,31H,6,13-17H2,1H3,(H,24,26);1-2H3/b12-11-;. The minimum absolute atomic E-state index is 0.0724. The highest BCUT2D eigenvalue weighted by Crippen LogP contribution is 2.41. The van der Waals surface area contributed by atoms with Crippen molar-refractivity contribution in [3.05, 3.63) is 65.2 Å². The number of hydrogen-bond donors (Lipinski definition) is 2. The molecule has 0 fully saturated rings. The molecular formula is C25H33N2O4PS. The second-order valence-corrected chi connectivity index (χ2v) is 9.11. The number of thiol groups is 1. The molecule has 2 amide bonds. The summed E-state index contributed by atoms with van der Waals surface area (Å²) in [6, 6.07) is 15.9. The molecule has 2 aromatic rings. The molecule has 33 heavy (non-hydrogen) atoms. The Morgan fingerprint density at radius 2 is 1.70 bits per heavy atom. The van der Waals surface area contributed by atoms with Gasteiger partial charge in [-0.1, -0.05) is 80.7 Å². The number of fused-ring (bicyclic) bond motifs is 2. The summed E-state index contributed by atoms with van der Waals surface area (Å²) in [5.74, 6) is -0.217. The van der Waals surface area contributed by atoms with Crippen LogP contribution in [0.2, 0.25) is 0 Å². The Bertz CT molecular complexity index is 938. The fraction of sp³-hybridized carbons (Fsp3) is 0.360. The topological polar surface area (TPSA) is 67.9 Å². The Morgan fingerprint density at radius 1 is 1.03 bits per heavy atom. The van der Waals surface area contributed by atoms with E-state index in [1.807, 2.05) is 68.5 Å². The summed E-state index contributed by atoms with van der Waals surface area (Å²) < 4.78 is 10.3. The number of anilines is 1. The molecule has 0 spiro atoms. The van der Waals surface area contributed by atoms with Crippen molar-refractivity contribution in [1.29, 1.82) is 0 Å². The molecule has 0 saturated carbocycles. The molecule has 1 aliphatic heterocycles. The molecule has 8 heteroatoms. The SMILES string of the molecule is CC.COP(S)OCCCNC(=O)CCC(=O)N1Cc2ccccc2/C=C\c2ccccc21. The zero-order valence-electron chi connectivity index (χ0n) is 19.5. The van der Waals surface area contributed by atoms with Crippen molar-refractivity contribution in [3.63, 3.8) is 0 Å². The first-order chi connectivity index (χ1) is 16.1. The first-order valence-corrected chi connectivity index (χ1v) is 13.5. The van der Waals surface area contributed by atoms with Gasteiger partial charge in [0, 0.05) is 26.5 Å². The highest BCUT2D eigenvalue weighted by molar-refractivity contribution is 8.41. The van der Waals surface area contributed by atoms with Crippen LogP contribution in [0.5, 0.6) is 0 Å². The summed E-state index contributed by atoms with van der Waals surface area (Å²) in [7, 11) is 0.388. The Kier molecular flexibility index (Phi) is 12.2. The number of nitrogens with zero attached hydrogens (tertiary/aromatic N) is 1. The first kappa shape index (κ1) is 27.1. The van der Waals surface area contributed by atoms with E-state index in [4.69, 9.17) is 9.05 Å². The maximum Gasteiger partial charge on any atom is 0.234 e. The van der Waals surface area contributed by atoms with Crippen LogP contribution in [0.25, 0.3) is 12.2 Å². The Balaban J connectivity index is 0.00000187. The van der Waals surface area contributed by atoms with Gasteiger partial charge in [0.25, 0.3) is 0 Å². The fourth-order valence-corrected chi connectivity index (χ4v) is 3.95. The summed E-state index contributed by atoms with van der Waals surface area (Å²) >= 11 is 4.12. The molecule has 1 atom stereocenters. The summed E-state index contributed by atoms with van der Waals surface area (Å²) in [5, 5.41) is 2.83. The zero-order valence-corrected chi connectivity index (χ0v) is 21.3. The van der Waals surface area contributed by atoms with E-state index in [1.54, 1.807) is 4.90 Å². The molecule has 0 aromatic heterocycles. The van der Waals surface area contributed by atoms with Gasteiger partial charge in [-0.2, -0.15) is 0 Å². The molecule has 0 saturated heterocycles. The number of para-hydroxylation sites is 1. The van der Waals surface area contributed by atoms with Crippen molar-refractivity contribution in [1.82, 2.24) is 5.32 Å². The highest BCUT2D eigenvalue weighted by atomic mass is 32.7. The van der Waals surface area contributed by atoms with E-state index in [2.05, 4.69) is 23.6 Å². The van der Waals surface area contributed by atoms with E-state index in [0.717, 1.165) is 22.4 Å². The van der Waals surface area contributed by atoms with Gasteiger partial charge in [-0.3, -0.25) is 9.59 Å². The van der Waals surface area contributed by atoms with Crippen LogP contribution >= 0.6 is 19.8 Å². The Labute approximate surface area is 203 Å². The Morgan fingerprint density at radius 3 is 2.45 bits per heavy atom. The van der Waals surface area contributed by atoms with Gasteiger partial charge in [-0.25, -0.2) is 0 Å². The fourth-order valence-electron chi connectivity index (χ4n) is 3.31. The first-order valence-electron chi connectivity index (χ1n) is 11.2. The molecule has 1 aliphatic rings. The predicted molar refractivity (Wildman–Crippen MR) is 140 cm³/mol. The summed E-state index contributed by atoms with van der Waals surface area (Å²) in [4.78, 5) is 27.1. The third-order valence-electron chi connectivity index (χ3n) is 4.92. The maximum absolute atomic E-state index is 13.1. The van der Waals surface area contributed by atoms with Gasteiger partial charge in [-0.05, 0) is 29.2 Å². The number of amides is 2. The molecule has 0 radical (unpaired) electrons. The molecular weight excluding hydrogens is 455 g/mol. The van der Waals surface area contributed by atoms with Gasteiger partial charge in [0.15, 0.2) is 0 Å². The molecule has 6 nitrogen and oxygen atoms in total. The minimum atomic E-state index is -1.15. The van der Waals surface area contributed by atoms with Crippen LogP contribution in [-0.4, -0.2) is 32.1 Å². The molecule has 0 aliphatic carbocycles. The van der Waals surface area contributed by atoms with Crippen molar-refractivity contribution in [2.75, 3.05) is 25.2 Å². The van der Waals surface area contributed by atoms with Gasteiger partial charge in [0.1, 0.15) is 0 Å². The minimum Gasteiger partial charge on any atom is -0.356 e. The van der Waals surface area contributed by atoms with Crippen LogP contribution < -0.4 is 10.2 Å². The summed E-state index contributed by atoms with van der Waals surface area (Å²) in [6.45, 7) is 5.42. The van der Waals surface area contributed by atoms with E-state index < -0.39 is 7.58 Å². The van der Waals surface area contributed by atoms with Crippen molar-refractivity contribution in [2.45, 2.75) is 39.7 Å². The monoisotopic (exact) mass is 488 g/mol. The summed E-state index contributed by atoms with van der Waals surface area (Å²) in [6.07, 6.45) is 5.06. The Hall–Kier alpha value is -2.18. The van der Waals surface area contributed by atoms with Gasteiger partial charge >= 0.3 is 0 Å². The maximum atomic E-state index is 13.1. The number of carbonyl (C=O) groups is 2. The lowest BCUT2D eigenvalue weighted by Crippen LogP contribution is -2.33. The number of hydrogen-bond acceptors (Lipinski definition) is 5. The smallest absolute Gasteiger partial charge is 0.234 e. The van der Waals surface area contributed by atoms with E-state index in [1.165, 1.54) is 7.11 Å². The number of rotatable bonds is 9. The number of carbonyl (C=O) groups excluding carboxylic acids is 2. The average Bonchev–Trinajstić information content (AvgIpc) is 2.84. The second kappa shape index (κ2) is 14.9. The largest absolute Gasteiger partial charge is 0.356 e. The van der Waals surface area contributed by atoms with Crippen LogP contribution in [-0.2, 0) is 25.2 Å². The van der Waals surface area contributed by atoms with Crippen LogP contribution in [0, 0.1) is 0 Å². The van der Waals surface area contributed by atoms with Gasteiger partial charge in [-0.15, -0.1) is 0 Å². The molecule has 1 N–H and O–H groups in total. The molecule has 1 unspecified atom stereocenters. The summed E-state index contributed by atoms with van der Waals surface area (Å²) in [5.41, 5.74) is 4.01. The number of nitrogens with one attached hydrogen (secondary N) is 1. The quantitative estimate of drug-likeness (QED) is 0.265. The average molecular weight is 489 g/mol. The molecule has 1 heterocycles. The van der Waals surface area contributed by atoms with Crippen LogP contribution in [0.3, 0.4) is 0 Å². The van der Waals surface area contributed by atoms with Gasteiger partial charge in [0.05, 0.1) is 18.8 Å².